The average molecular weight is 346 g/mol. The third-order valence-electron chi connectivity index (χ3n) is 5.84. The van der Waals surface area contributed by atoms with Crippen molar-refractivity contribution in [3.05, 3.63) is 23.9 Å². The van der Waals surface area contributed by atoms with Crippen molar-refractivity contribution < 1.29 is 9.90 Å². The molecule has 138 valence electrons. The van der Waals surface area contributed by atoms with Gasteiger partial charge in [-0.05, 0) is 50.7 Å². The fourth-order valence-electron chi connectivity index (χ4n) is 4.05. The summed E-state index contributed by atoms with van der Waals surface area (Å²) in [6.45, 7) is 6.69. The molecule has 0 aliphatic carbocycles. The summed E-state index contributed by atoms with van der Waals surface area (Å²) >= 11 is 0. The second kappa shape index (κ2) is 7.60. The lowest BCUT2D eigenvalue weighted by Gasteiger charge is -2.39. The molecule has 25 heavy (non-hydrogen) atoms. The Morgan fingerprint density at radius 2 is 2.12 bits per heavy atom. The minimum atomic E-state index is -0.364. The molecule has 0 aromatic carbocycles. The maximum atomic E-state index is 12.7. The molecular formula is C19H30N4O2. The summed E-state index contributed by atoms with van der Waals surface area (Å²) in [6, 6.07) is 4.33. The maximum Gasteiger partial charge on any atom is 0.318 e. The van der Waals surface area contributed by atoms with Gasteiger partial charge in [-0.15, -0.1) is 0 Å². The van der Waals surface area contributed by atoms with Gasteiger partial charge in [0.15, 0.2) is 0 Å². The van der Waals surface area contributed by atoms with Crippen molar-refractivity contribution in [2.45, 2.75) is 57.5 Å². The summed E-state index contributed by atoms with van der Waals surface area (Å²) in [5.41, 5.74) is 0.802. The smallest absolute Gasteiger partial charge is 0.318 e. The number of rotatable bonds is 4. The van der Waals surface area contributed by atoms with Gasteiger partial charge < -0.3 is 20.2 Å². The standard InChI is InChI=1S/C19H30N4O2/c1-3-19(14-24)9-4-10-23(19)18(25)21-16-7-11-22(12-8-16)17-6-5-15(2)13-20-17/h5-6,13,16,24H,3-4,7-12,14H2,1-2H3,(H,21,25). The van der Waals surface area contributed by atoms with Crippen LogP contribution in [0, 0.1) is 6.92 Å². The lowest BCUT2D eigenvalue weighted by atomic mass is 9.94. The van der Waals surface area contributed by atoms with Crippen molar-refractivity contribution >= 4 is 11.8 Å². The molecular weight excluding hydrogens is 316 g/mol. The number of piperidine rings is 1. The number of urea groups is 1. The number of aliphatic hydroxyl groups excluding tert-OH is 1. The highest BCUT2D eigenvalue weighted by Gasteiger charge is 2.42. The molecule has 0 spiro atoms. The van der Waals surface area contributed by atoms with E-state index in [4.69, 9.17) is 0 Å². The number of carbonyl (C=O) groups excluding carboxylic acids is 1. The number of carbonyl (C=O) groups is 1. The van der Waals surface area contributed by atoms with E-state index in [0.717, 1.165) is 57.6 Å². The van der Waals surface area contributed by atoms with Crippen LogP contribution in [0.3, 0.4) is 0 Å². The van der Waals surface area contributed by atoms with Gasteiger partial charge in [0.05, 0.1) is 12.1 Å². The van der Waals surface area contributed by atoms with Gasteiger partial charge in [-0.3, -0.25) is 0 Å². The molecule has 1 unspecified atom stereocenters. The third kappa shape index (κ3) is 3.73. The number of likely N-dealkylation sites (tertiary alicyclic amines) is 1. The molecule has 2 aliphatic heterocycles. The molecule has 3 rings (SSSR count). The van der Waals surface area contributed by atoms with Crippen LogP contribution in [0.25, 0.3) is 0 Å². The normalized spacial score (nSPS) is 24.6. The first-order valence-electron chi connectivity index (χ1n) is 9.44. The molecule has 1 atom stereocenters. The number of nitrogens with zero attached hydrogens (tertiary/aromatic N) is 3. The topological polar surface area (TPSA) is 68.7 Å². The fraction of sp³-hybridized carbons (Fsp3) is 0.684. The lowest BCUT2D eigenvalue weighted by Crippen LogP contribution is -2.56. The molecule has 2 saturated heterocycles. The van der Waals surface area contributed by atoms with Gasteiger partial charge in [0.25, 0.3) is 0 Å². The molecule has 0 saturated carbocycles. The molecule has 1 aromatic heterocycles. The number of aryl methyl sites for hydroxylation is 1. The van der Waals surface area contributed by atoms with E-state index in [0.29, 0.717) is 0 Å². The predicted octanol–water partition coefficient (Wildman–Crippen LogP) is 2.31. The molecule has 2 fully saturated rings. The van der Waals surface area contributed by atoms with Gasteiger partial charge in [0.1, 0.15) is 5.82 Å². The summed E-state index contributed by atoms with van der Waals surface area (Å²) in [4.78, 5) is 21.4. The van der Waals surface area contributed by atoms with E-state index in [1.165, 1.54) is 5.56 Å². The Morgan fingerprint density at radius 1 is 1.36 bits per heavy atom. The number of hydrogen-bond donors (Lipinski definition) is 2. The SMILES string of the molecule is CCC1(CO)CCCN1C(=O)NC1CCN(c2ccc(C)cn2)CC1. The van der Waals surface area contributed by atoms with E-state index in [-0.39, 0.29) is 24.2 Å². The van der Waals surface area contributed by atoms with E-state index < -0.39 is 0 Å². The van der Waals surface area contributed by atoms with Gasteiger partial charge in [-0.1, -0.05) is 13.0 Å². The van der Waals surface area contributed by atoms with Crippen molar-refractivity contribution in [2.75, 3.05) is 31.1 Å². The average Bonchev–Trinajstić information content (AvgIpc) is 3.08. The minimum absolute atomic E-state index is 0.0136. The minimum Gasteiger partial charge on any atom is -0.394 e. The Hall–Kier alpha value is -1.82. The molecule has 2 amide bonds. The Morgan fingerprint density at radius 3 is 2.72 bits per heavy atom. The molecule has 2 N–H and O–H groups in total. The molecule has 6 nitrogen and oxygen atoms in total. The number of pyridine rings is 1. The molecule has 6 heteroatoms. The van der Waals surface area contributed by atoms with E-state index >= 15 is 0 Å². The van der Waals surface area contributed by atoms with Crippen LogP contribution >= 0.6 is 0 Å². The van der Waals surface area contributed by atoms with Crippen LogP contribution in [-0.2, 0) is 0 Å². The van der Waals surface area contributed by atoms with Crippen LogP contribution in [0.15, 0.2) is 18.3 Å². The zero-order valence-electron chi connectivity index (χ0n) is 15.4. The van der Waals surface area contributed by atoms with Crippen molar-refractivity contribution in [2.24, 2.45) is 0 Å². The van der Waals surface area contributed by atoms with Crippen LogP contribution < -0.4 is 10.2 Å². The monoisotopic (exact) mass is 346 g/mol. The van der Waals surface area contributed by atoms with E-state index in [1.807, 2.05) is 18.0 Å². The predicted molar refractivity (Wildman–Crippen MR) is 98.8 cm³/mol. The number of anilines is 1. The van der Waals surface area contributed by atoms with Gasteiger partial charge >= 0.3 is 6.03 Å². The first kappa shape index (κ1) is 18.0. The number of nitrogens with one attached hydrogen (secondary N) is 1. The number of aromatic nitrogens is 1. The van der Waals surface area contributed by atoms with Crippen LogP contribution in [0.2, 0.25) is 0 Å². The Bertz CT molecular complexity index is 578. The number of amides is 2. The van der Waals surface area contributed by atoms with Gasteiger partial charge in [0.2, 0.25) is 0 Å². The van der Waals surface area contributed by atoms with E-state index in [2.05, 4.69) is 34.3 Å². The molecule has 3 heterocycles. The first-order chi connectivity index (χ1) is 12.1. The summed E-state index contributed by atoms with van der Waals surface area (Å²) in [6.07, 6.45) is 6.41. The zero-order chi connectivity index (χ0) is 17.9. The second-order valence-corrected chi connectivity index (χ2v) is 7.40. The molecule has 0 bridgehead atoms. The van der Waals surface area contributed by atoms with Crippen molar-refractivity contribution in [1.82, 2.24) is 15.2 Å². The highest BCUT2D eigenvalue weighted by atomic mass is 16.3. The second-order valence-electron chi connectivity index (χ2n) is 7.40. The van der Waals surface area contributed by atoms with Crippen LogP contribution in [-0.4, -0.2) is 58.8 Å². The zero-order valence-corrected chi connectivity index (χ0v) is 15.4. The highest BCUT2D eigenvalue weighted by molar-refractivity contribution is 5.76. The fourth-order valence-corrected chi connectivity index (χ4v) is 4.05. The summed E-state index contributed by atoms with van der Waals surface area (Å²) in [7, 11) is 0. The van der Waals surface area contributed by atoms with Crippen molar-refractivity contribution in [3.8, 4) is 0 Å². The summed E-state index contributed by atoms with van der Waals surface area (Å²) in [5, 5.41) is 13.0. The quantitative estimate of drug-likeness (QED) is 0.878. The van der Waals surface area contributed by atoms with Crippen LogP contribution in [0.5, 0.6) is 0 Å². The largest absolute Gasteiger partial charge is 0.394 e. The van der Waals surface area contributed by atoms with Crippen LogP contribution in [0.4, 0.5) is 10.6 Å². The Balaban J connectivity index is 1.53. The van der Waals surface area contributed by atoms with Crippen LogP contribution in [0.1, 0.15) is 44.6 Å². The molecule has 2 aliphatic rings. The summed E-state index contributed by atoms with van der Waals surface area (Å²) < 4.78 is 0. The lowest BCUT2D eigenvalue weighted by molar-refractivity contribution is 0.0792. The van der Waals surface area contributed by atoms with E-state index in [9.17, 15) is 9.90 Å². The van der Waals surface area contributed by atoms with Gasteiger partial charge in [-0.2, -0.15) is 0 Å². The van der Waals surface area contributed by atoms with Crippen molar-refractivity contribution in [3.63, 3.8) is 0 Å². The van der Waals surface area contributed by atoms with Gasteiger partial charge in [0, 0.05) is 31.9 Å². The number of hydrogen-bond acceptors (Lipinski definition) is 4. The molecule has 1 aromatic rings. The first-order valence-corrected chi connectivity index (χ1v) is 9.44. The Labute approximate surface area is 150 Å². The van der Waals surface area contributed by atoms with Crippen molar-refractivity contribution in [1.29, 1.82) is 0 Å². The third-order valence-corrected chi connectivity index (χ3v) is 5.84. The Kier molecular flexibility index (Phi) is 5.47. The van der Waals surface area contributed by atoms with Gasteiger partial charge in [-0.25, -0.2) is 9.78 Å². The highest BCUT2D eigenvalue weighted by Crippen LogP contribution is 2.32. The maximum absolute atomic E-state index is 12.7. The number of aliphatic hydroxyl groups is 1. The van der Waals surface area contributed by atoms with E-state index in [1.54, 1.807) is 0 Å². The summed E-state index contributed by atoms with van der Waals surface area (Å²) in [5.74, 6) is 1.01. The molecule has 0 radical (unpaired) electrons.